The molecule has 0 amide bonds. The lowest BCUT2D eigenvalue weighted by Crippen LogP contribution is -2.13. The summed E-state index contributed by atoms with van der Waals surface area (Å²) in [5.41, 5.74) is 2.06. The molecule has 0 saturated heterocycles. The van der Waals surface area contributed by atoms with Gasteiger partial charge in [-0.1, -0.05) is 18.2 Å². The van der Waals surface area contributed by atoms with E-state index in [1.54, 1.807) is 25.2 Å². The summed E-state index contributed by atoms with van der Waals surface area (Å²) in [5.74, 6) is 4.02. The molecule has 0 aromatic rings. The number of nitrogens with two attached hydrogens (primary N) is 1. The van der Waals surface area contributed by atoms with Crippen molar-refractivity contribution in [1.82, 2.24) is 5.43 Å². The van der Waals surface area contributed by atoms with Crippen molar-refractivity contribution in [3.63, 3.8) is 0 Å². The fourth-order valence-electron chi connectivity index (χ4n) is 1.33. The molecule has 3 nitrogen and oxygen atoms in total. The van der Waals surface area contributed by atoms with Crippen LogP contribution in [0.3, 0.4) is 0 Å². The van der Waals surface area contributed by atoms with Crippen LogP contribution in [0.15, 0.2) is 71.9 Å². The third-order valence-corrected chi connectivity index (χ3v) is 2.10. The second-order valence-corrected chi connectivity index (χ2v) is 3.60. The maximum Gasteiger partial charge on any atom is 0.165 e. The van der Waals surface area contributed by atoms with Gasteiger partial charge in [-0.25, -0.2) is 8.78 Å². The third-order valence-electron chi connectivity index (χ3n) is 2.10. The summed E-state index contributed by atoms with van der Waals surface area (Å²) in [5, 5.41) is 0. The Morgan fingerprint density at radius 2 is 2.16 bits per heavy atom. The van der Waals surface area contributed by atoms with Gasteiger partial charge in [0.15, 0.2) is 11.6 Å². The van der Waals surface area contributed by atoms with Crippen LogP contribution in [-0.4, -0.2) is 0 Å². The molecule has 0 aromatic carbocycles. The first kappa shape index (κ1) is 14.9. The van der Waals surface area contributed by atoms with Crippen LogP contribution < -0.4 is 11.3 Å². The Bertz CT molecular complexity index is 486. The molecule has 0 bridgehead atoms. The maximum absolute atomic E-state index is 13.6. The fourth-order valence-corrected chi connectivity index (χ4v) is 1.33. The van der Waals surface area contributed by atoms with Crippen LogP contribution in [0.5, 0.6) is 0 Å². The Labute approximate surface area is 111 Å². The molecule has 0 fully saturated rings. The van der Waals surface area contributed by atoms with Crippen molar-refractivity contribution in [3.8, 4) is 0 Å². The van der Waals surface area contributed by atoms with Gasteiger partial charge in [0.2, 0.25) is 0 Å². The van der Waals surface area contributed by atoms with E-state index in [0.717, 1.165) is 12.3 Å². The van der Waals surface area contributed by atoms with E-state index in [-0.39, 0.29) is 11.5 Å². The second-order valence-electron chi connectivity index (χ2n) is 3.60. The van der Waals surface area contributed by atoms with Gasteiger partial charge in [-0.15, -0.1) is 0 Å². The molecule has 5 heteroatoms. The van der Waals surface area contributed by atoms with Crippen molar-refractivity contribution >= 4 is 0 Å². The van der Waals surface area contributed by atoms with E-state index >= 15 is 0 Å². The van der Waals surface area contributed by atoms with Gasteiger partial charge in [0.05, 0.1) is 0 Å². The molecule has 0 unspecified atom stereocenters. The van der Waals surface area contributed by atoms with Gasteiger partial charge >= 0.3 is 0 Å². The summed E-state index contributed by atoms with van der Waals surface area (Å²) >= 11 is 0. The van der Waals surface area contributed by atoms with Gasteiger partial charge in [-0.3, -0.25) is 5.84 Å². The minimum Gasteiger partial charge on any atom is -0.454 e. The van der Waals surface area contributed by atoms with Gasteiger partial charge < -0.3 is 10.2 Å². The SMILES string of the molecule is C/C=C/C(=C\C(F)=C\NN)OC1=C(F)C=CCC=C1. The molecule has 0 heterocycles. The summed E-state index contributed by atoms with van der Waals surface area (Å²) in [4.78, 5) is 0. The molecule has 1 aliphatic carbocycles. The topological polar surface area (TPSA) is 47.3 Å². The molecule has 102 valence electrons. The third kappa shape index (κ3) is 5.35. The molecule has 1 aliphatic rings. The van der Waals surface area contributed by atoms with Crippen molar-refractivity contribution in [2.24, 2.45) is 5.84 Å². The summed E-state index contributed by atoms with van der Waals surface area (Å²) < 4.78 is 32.2. The predicted octanol–water partition coefficient (Wildman–Crippen LogP) is 3.43. The van der Waals surface area contributed by atoms with Crippen molar-refractivity contribution in [3.05, 3.63) is 71.9 Å². The lowest BCUT2D eigenvalue weighted by atomic mass is 10.3. The molecule has 0 radical (unpaired) electrons. The smallest absolute Gasteiger partial charge is 0.165 e. The number of hydrazine groups is 1. The Balaban J connectivity index is 2.96. The van der Waals surface area contributed by atoms with Crippen LogP contribution in [0.1, 0.15) is 13.3 Å². The molecule has 0 atom stereocenters. The Hall–Kier alpha value is -2.14. The summed E-state index contributed by atoms with van der Waals surface area (Å²) in [7, 11) is 0. The van der Waals surface area contributed by atoms with Crippen LogP contribution >= 0.6 is 0 Å². The second kappa shape index (κ2) is 8.05. The number of ether oxygens (including phenoxy) is 1. The molecule has 0 saturated carbocycles. The van der Waals surface area contributed by atoms with Crippen LogP contribution in [0.4, 0.5) is 8.78 Å². The van der Waals surface area contributed by atoms with Gasteiger partial charge in [-0.2, -0.15) is 0 Å². The summed E-state index contributed by atoms with van der Waals surface area (Å²) in [6.07, 6.45) is 12.1. The van der Waals surface area contributed by atoms with Crippen LogP contribution in [0, 0.1) is 0 Å². The van der Waals surface area contributed by atoms with Crippen molar-refractivity contribution in [2.45, 2.75) is 13.3 Å². The minimum atomic E-state index is -0.634. The molecule has 1 rings (SSSR count). The van der Waals surface area contributed by atoms with E-state index in [0.29, 0.717) is 6.42 Å². The van der Waals surface area contributed by atoms with E-state index in [1.165, 1.54) is 18.2 Å². The van der Waals surface area contributed by atoms with Crippen molar-refractivity contribution in [1.29, 1.82) is 0 Å². The number of hydrogen-bond donors (Lipinski definition) is 2. The minimum absolute atomic E-state index is 0.0339. The Kier molecular flexibility index (Phi) is 6.32. The largest absolute Gasteiger partial charge is 0.454 e. The lowest BCUT2D eigenvalue weighted by Gasteiger charge is -2.07. The van der Waals surface area contributed by atoms with Crippen molar-refractivity contribution in [2.75, 3.05) is 0 Å². The maximum atomic E-state index is 13.6. The zero-order chi connectivity index (χ0) is 14.1. The fraction of sp³-hybridized carbons (Fsp3) is 0.143. The number of nitrogens with one attached hydrogen (secondary N) is 1. The highest BCUT2D eigenvalue weighted by Gasteiger charge is 2.07. The van der Waals surface area contributed by atoms with Gasteiger partial charge in [-0.05, 0) is 31.6 Å². The number of rotatable bonds is 5. The molecular formula is C14H16F2N2O. The average molecular weight is 266 g/mol. The standard InChI is InChI=1S/C14H16F2N2O/c1-2-6-12(9-11(15)10-18-17)19-14-8-5-3-4-7-13(14)16/h2,4-10,18H,3,17H2,1H3/b6-2+,11-10-,12-9+. The number of halogens is 2. The molecule has 0 spiro atoms. The Morgan fingerprint density at radius 1 is 1.42 bits per heavy atom. The average Bonchev–Trinajstić information content (AvgIpc) is 2.55. The van der Waals surface area contributed by atoms with Crippen LogP contribution in [-0.2, 0) is 4.74 Å². The molecular weight excluding hydrogens is 250 g/mol. The molecule has 19 heavy (non-hydrogen) atoms. The normalized spacial score (nSPS) is 17.1. The van der Waals surface area contributed by atoms with E-state index in [4.69, 9.17) is 10.6 Å². The van der Waals surface area contributed by atoms with Gasteiger partial charge in [0.1, 0.15) is 11.6 Å². The first-order valence-electron chi connectivity index (χ1n) is 5.74. The summed E-state index contributed by atoms with van der Waals surface area (Å²) in [6, 6.07) is 0. The van der Waals surface area contributed by atoms with E-state index in [2.05, 4.69) is 5.43 Å². The lowest BCUT2D eigenvalue weighted by molar-refractivity contribution is 0.319. The van der Waals surface area contributed by atoms with Crippen molar-refractivity contribution < 1.29 is 13.5 Å². The predicted molar refractivity (Wildman–Crippen MR) is 71.5 cm³/mol. The zero-order valence-electron chi connectivity index (χ0n) is 10.6. The zero-order valence-corrected chi connectivity index (χ0v) is 10.6. The van der Waals surface area contributed by atoms with E-state index in [9.17, 15) is 8.78 Å². The highest BCUT2D eigenvalue weighted by molar-refractivity contribution is 5.31. The highest BCUT2D eigenvalue weighted by Crippen LogP contribution is 2.20. The van der Waals surface area contributed by atoms with Gasteiger partial charge in [0, 0.05) is 12.3 Å². The number of allylic oxidation sites excluding steroid dienone is 9. The first-order chi connectivity index (χ1) is 9.17. The first-order valence-corrected chi connectivity index (χ1v) is 5.74. The highest BCUT2D eigenvalue weighted by atomic mass is 19.1. The molecule has 3 N–H and O–H groups in total. The van der Waals surface area contributed by atoms with E-state index in [1.807, 2.05) is 0 Å². The number of hydrogen-bond acceptors (Lipinski definition) is 3. The summed E-state index contributed by atoms with van der Waals surface area (Å²) in [6.45, 7) is 1.74. The monoisotopic (exact) mass is 266 g/mol. The van der Waals surface area contributed by atoms with Crippen LogP contribution in [0.25, 0.3) is 0 Å². The molecule has 0 aliphatic heterocycles. The van der Waals surface area contributed by atoms with E-state index < -0.39 is 11.7 Å². The van der Waals surface area contributed by atoms with Gasteiger partial charge in [0.25, 0.3) is 0 Å². The quantitative estimate of drug-likeness (QED) is 0.347. The Morgan fingerprint density at radius 3 is 2.84 bits per heavy atom. The molecule has 0 aromatic heterocycles. The van der Waals surface area contributed by atoms with Crippen LogP contribution in [0.2, 0.25) is 0 Å².